The molecule has 0 fully saturated rings. The van der Waals surface area contributed by atoms with Gasteiger partial charge in [-0.25, -0.2) is 0 Å². The highest BCUT2D eigenvalue weighted by molar-refractivity contribution is 5.60. The summed E-state index contributed by atoms with van der Waals surface area (Å²) in [5, 5.41) is 11.0. The van der Waals surface area contributed by atoms with E-state index in [2.05, 4.69) is 23.1 Å². The second-order valence-electron chi connectivity index (χ2n) is 5.30. The van der Waals surface area contributed by atoms with Crippen LogP contribution in [0, 0.1) is 10.1 Å². The van der Waals surface area contributed by atoms with E-state index in [1.54, 1.807) is 12.1 Å². The van der Waals surface area contributed by atoms with E-state index in [-0.39, 0.29) is 11.4 Å². The van der Waals surface area contributed by atoms with E-state index in [1.165, 1.54) is 11.3 Å². The van der Waals surface area contributed by atoms with Crippen LogP contribution < -0.4 is 10.6 Å². The molecule has 2 aromatic rings. The Morgan fingerprint density at radius 1 is 1.24 bits per heavy atom. The van der Waals surface area contributed by atoms with Crippen LogP contribution >= 0.6 is 0 Å². The summed E-state index contributed by atoms with van der Waals surface area (Å²) < 4.78 is 0. The van der Waals surface area contributed by atoms with Gasteiger partial charge in [-0.1, -0.05) is 24.3 Å². The molecule has 0 saturated carbocycles. The molecule has 0 atom stereocenters. The number of benzene rings is 2. The van der Waals surface area contributed by atoms with Crippen LogP contribution in [0.25, 0.3) is 0 Å². The highest BCUT2D eigenvalue weighted by atomic mass is 16.6. The molecule has 5 heteroatoms. The van der Waals surface area contributed by atoms with Gasteiger partial charge in [0.15, 0.2) is 0 Å². The summed E-state index contributed by atoms with van der Waals surface area (Å²) in [6.45, 7) is 1.63. The van der Waals surface area contributed by atoms with Gasteiger partial charge in [0.05, 0.1) is 4.92 Å². The molecule has 0 unspecified atom stereocenters. The number of nitro benzene ring substituents is 1. The van der Waals surface area contributed by atoms with Crippen molar-refractivity contribution in [2.75, 3.05) is 17.2 Å². The average molecular weight is 283 g/mol. The monoisotopic (exact) mass is 283 g/mol. The predicted octanol–water partition coefficient (Wildman–Crippen LogP) is 3.13. The van der Waals surface area contributed by atoms with E-state index < -0.39 is 4.92 Å². The topological polar surface area (TPSA) is 72.4 Å². The van der Waals surface area contributed by atoms with E-state index in [0.29, 0.717) is 6.54 Å². The minimum atomic E-state index is -0.428. The number of fused-ring (bicyclic) bond motifs is 1. The number of nitro groups is 1. The van der Waals surface area contributed by atoms with E-state index in [9.17, 15) is 10.1 Å². The number of anilines is 2. The summed E-state index contributed by atoms with van der Waals surface area (Å²) in [5.74, 6) is 0. The van der Waals surface area contributed by atoms with E-state index >= 15 is 0 Å². The largest absolute Gasteiger partial charge is 0.393 e. The number of hydrogen-bond donors (Lipinski definition) is 1. The molecule has 1 heterocycles. The number of nitrogen functional groups attached to an aromatic ring is 1. The molecule has 0 aliphatic carbocycles. The summed E-state index contributed by atoms with van der Waals surface area (Å²) in [4.78, 5) is 12.8. The molecule has 21 heavy (non-hydrogen) atoms. The van der Waals surface area contributed by atoms with Gasteiger partial charge >= 0.3 is 0 Å². The van der Waals surface area contributed by atoms with Gasteiger partial charge in [0.25, 0.3) is 5.69 Å². The first-order valence-corrected chi connectivity index (χ1v) is 7.01. The van der Waals surface area contributed by atoms with Crippen LogP contribution in [0.1, 0.15) is 17.5 Å². The van der Waals surface area contributed by atoms with Gasteiger partial charge in [0.2, 0.25) is 0 Å². The fraction of sp³-hybridized carbons (Fsp3) is 0.250. The zero-order valence-corrected chi connectivity index (χ0v) is 11.7. The average Bonchev–Trinajstić information content (AvgIpc) is 2.49. The maximum Gasteiger partial charge on any atom is 0.292 e. The van der Waals surface area contributed by atoms with Gasteiger partial charge < -0.3 is 10.6 Å². The molecule has 0 saturated heterocycles. The molecule has 2 N–H and O–H groups in total. The third-order valence-corrected chi connectivity index (χ3v) is 3.87. The number of nitrogens with zero attached hydrogens (tertiary/aromatic N) is 2. The molecule has 2 aromatic carbocycles. The van der Waals surface area contributed by atoms with Gasteiger partial charge in [0.1, 0.15) is 5.69 Å². The lowest BCUT2D eigenvalue weighted by Crippen LogP contribution is -2.28. The van der Waals surface area contributed by atoms with Crippen LogP contribution in [0.5, 0.6) is 0 Å². The lowest BCUT2D eigenvalue weighted by Gasteiger charge is -2.31. The third kappa shape index (κ3) is 2.67. The molecule has 0 bridgehead atoms. The summed E-state index contributed by atoms with van der Waals surface area (Å²) in [6, 6.07) is 13.4. The Kier molecular flexibility index (Phi) is 3.48. The molecular formula is C16H17N3O2. The van der Waals surface area contributed by atoms with Crippen LogP contribution in [0.15, 0.2) is 42.5 Å². The molecule has 0 amide bonds. The predicted molar refractivity (Wildman–Crippen MR) is 83.3 cm³/mol. The van der Waals surface area contributed by atoms with Crippen molar-refractivity contribution < 1.29 is 4.92 Å². The molecule has 1 aliphatic rings. The molecule has 5 nitrogen and oxygen atoms in total. The van der Waals surface area contributed by atoms with Crippen molar-refractivity contribution in [3.8, 4) is 0 Å². The standard InChI is InChI=1S/C16H17N3O2/c17-14-8-7-12(10-16(14)19(20)21)11-18-9-3-5-13-4-1-2-6-15(13)18/h1-2,4,6-8,10H,3,5,9,11,17H2. The van der Waals surface area contributed by atoms with Gasteiger partial charge in [-0.2, -0.15) is 0 Å². The van der Waals surface area contributed by atoms with Crippen molar-refractivity contribution in [3.63, 3.8) is 0 Å². The van der Waals surface area contributed by atoms with Crippen LogP contribution in [-0.4, -0.2) is 11.5 Å². The summed E-state index contributed by atoms with van der Waals surface area (Å²) in [6.07, 6.45) is 2.20. The fourth-order valence-electron chi connectivity index (χ4n) is 2.84. The Balaban J connectivity index is 1.88. The number of hydrogen-bond acceptors (Lipinski definition) is 4. The fourth-order valence-corrected chi connectivity index (χ4v) is 2.84. The van der Waals surface area contributed by atoms with Crippen molar-refractivity contribution in [1.82, 2.24) is 0 Å². The maximum atomic E-state index is 11.0. The Labute approximate surface area is 123 Å². The number of para-hydroxylation sites is 1. The lowest BCUT2D eigenvalue weighted by molar-refractivity contribution is -0.384. The summed E-state index contributed by atoms with van der Waals surface area (Å²) in [5.41, 5.74) is 9.32. The van der Waals surface area contributed by atoms with Crippen molar-refractivity contribution in [2.45, 2.75) is 19.4 Å². The quantitative estimate of drug-likeness (QED) is 0.533. The van der Waals surface area contributed by atoms with Crippen LogP contribution in [0.3, 0.4) is 0 Å². The third-order valence-electron chi connectivity index (χ3n) is 3.87. The number of nitrogens with two attached hydrogens (primary N) is 1. The van der Waals surface area contributed by atoms with Crippen LogP contribution in [0.2, 0.25) is 0 Å². The van der Waals surface area contributed by atoms with E-state index in [0.717, 1.165) is 24.9 Å². The van der Waals surface area contributed by atoms with Gasteiger partial charge in [-0.15, -0.1) is 0 Å². The summed E-state index contributed by atoms with van der Waals surface area (Å²) >= 11 is 0. The highest BCUT2D eigenvalue weighted by Gasteiger charge is 2.18. The van der Waals surface area contributed by atoms with Crippen LogP contribution in [0.4, 0.5) is 17.1 Å². The molecule has 3 rings (SSSR count). The SMILES string of the molecule is Nc1ccc(CN2CCCc3ccccc32)cc1[N+](=O)[O-]. The number of rotatable bonds is 3. The van der Waals surface area contributed by atoms with Crippen molar-refractivity contribution in [1.29, 1.82) is 0 Å². The zero-order chi connectivity index (χ0) is 14.8. The second kappa shape index (κ2) is 5.44. The van der Waals surface area contributed by atoms with Crippen molar-refractivity contribution in [3.05, 3.63) is 63.7 Å². The number of aryl methyl sites for hydroxylation is 1. The van der Waals surface area contributed by atoms with Gasteiger partial charge in [-0.05, 0) is 36.1 Å². The highest BCUT2D eigenvalue weighted by Crippen LogP contribution is 2.29. The van der Waals surface area contributed by atoms with Crippen molar-refractivity contribution in [2.24, 2.45) is 0 Å². The molecular weight excluding hydrogens is 266 g/mol. The van der Waals surface area contributed by atoms with E-state index in [4.69, 9.17) is 5.73 Å². The Hall–Kier alpha value is -2.56. The maximum absolute atomic E-state index is 11.0. The smallest absolute Gasteiger partial charge is 0.292 e. The first kappa shape index (κ1) is 13.4. The molecule has 1 aliphatic heterocycles. The molecule has 0 spiro atoms. The first-order chi connectivity index (χ1) is 10.1. The molecule has 108 valence electrons. The Morgan fingerprint density at radius 3 is 2.86 bits per heavy atom. The minimum Gasteiger partial charge on any atom is -0.393 e. The van der Waals surface area contributed by atoms with Gasteiger partial charge in [0, 0.05) is 24.8 Å². The van der Waals surface area contributed by atoms with Crippen molar-refractivity contribution >= 4 is 17.1 Å². The Bertz CT molecular complexity index is 685. The zero-order valence-electron chi connectivity index (χ0n) is 11.7. The normalized spacial score (nSPS) is 13.8. The second-order valence-corrected chi connectivity index (χ2v) is 5.30. The first-order valence-electron chi connectivity index (χ1n) is 7.01. The molecule has 0 aromatic heterocycles. The summed E-state index contributed by atoms with van der Waals surface area (Å²) in [7, 11) is 0. The van der Waals surface area contributed by atoms with Gasteiger partial charge in [-0.3, -0.25) is 10.1 Å². The van der Waals surface area contributed by atoms with Crippen LogP contribution in [-0.2, 0) is 13.0 Å². The van der Waals surface area contributed by atoms with E-state index in [1.807, 2.05) is 12.1 Å². The Morgan fingerprint density at radius 2 is 2.05 bits per heavy atom. The molecule has 0 radical (unpaired) electrons. The lowest BCUT2D eigenvalue weighted by atomic mass is 10.0. The minimum absolute atomic E-state index is 0.0159.